The van der Waals surface area contributed by atoms with Crippen molar-refractivity contribution in [3.05, 3.63) is 208 Å². The van der Waals surface area contributed by atoms with Crippen molar-refractivity contribution in [1.29, 1.82) is 0 Å². The van der Waals surface area contributed by atoms with Gasteiger partial charge in [-0.15, -0.1) is 11.6 Å². The second kappa shape index (κ2) is 71.9. The third kappa shape index (κ3) is 48.9. The van der Waals surface area contributed by atoms with Crippen LogP contribution in [0.5, 0.6) is 17.2 Å². The molecular weight excluding hydrogens is 1830 g/mol. The minimum absolute atomic E-state index is 0. The monoisotopic (exact) mass is 1980 g/mol. The van der Waals surface area contributed by atoms with Crippen LogP contribution < -0.4 is 84.1 Å². The number of hydrogen-bond donors (Lipinski definition) is 4. The molecule has 4 aromatic heterocycles. The van der Waals surface area contributed by atoms with Crippen molar-refractivity contribution < 1.29 is 59.5 Å². The van der Waals surface area contributed by atoms with E-state index in [1.807, 2.05) is 129 Å². The molecule has 1 saturated heterocycles. The summed E-state index contributed by atoms with van der Waals surface area (Å²) in [5, 5.41) is 40.0. The van der Waals surface area contributed by atoms with E-state index in [-0.39, 0.29) is 56.9 Å². The minimum atomic E-state index is -1.08. The molecule has 28 nitrogen and oxygen atoms in total. The van der Waals surface area contributed by atoms with Crippen molar-refractivity contribution in [2.45, 2.75) is 226 Å². The van der Waals surface area contributed by atoms with E-state index in [1.54, 1.807) is 36.4 Å². The molecule has 0 bridgehead atoms. The Hall–Kier alpha value is -10.4. The van der Waals surface area contributed by atoms with E-state index in [0.29, 0.717) is 47.4 Å². The first-order chi connectivity index (χ1) is 65.8. The van der Waals surface area contributed by atoms with Gasteiger partial charge in [0.1, 0.15) is 17.2 Å². The van der Waals surface area contributed by atoms with Crippen LogP contribution in [0.15, 0.2) is 170 Å². The summed E-state index contributed by atoms with van der Waals surface area (Å²) in [4.78, 5) is 81.9. The molecule has 0 spiro atoms. The molecule has 138 heavy (non-hydrogen) atoms. The van der Waals surface area contributed by atoms with Gasteiger partial charge in [0.2, 0.25) is 69.4 Å². The zero-order valence-corrected chi connectivity index (χ0v) is 91.8. The summed E-state index contributed by atoms with van der Waals surface area (Å²) >= 11 is 21.3. The number of carboxylic acids is 1. The fourth-order valence-corrected chi connectivity index (χ4v) is 12.9. The van der Waals surface area contributed by atoms with Gasteiger partial charge in [0, 0.05) is 140 Å². The SMILES string of the molecule is C1CO1.CC.CC(=O)[O-].CCCCCC.CCCCCl.CCCCN(CCCC)c1nc(N(C)c2ccc(C)cc2)nc(N(C)c2ccc(C)cc2)n1.CCCCN(CCCC)c1nc(N(C)c2ccc(C)cc2)nc(N(C)c2ccc(C)cc2)n1.CCCCN(CCCC)c1nc(N(C)c2ccc(O)cc2)nc(N(C)c2ccc(O)cc2)n1.CNc1ccc(O)cc1.Clc1nc(Cl)nc(Cl)n1.[Na+]. The maximum absolute atomic E-state index is 9.66. The van der Waals surface area contributed by atoms with Gasteiger partial charge < -0.3 is 79.4 Å². The second-order valence-corrected chi connectivity index (χ2v) is 33.7. The van der Waals surface area contributed by atoms with Crippen LogP contribution >= 0.6 is 46.4 Å². The van der Waals surface area contributed by atoms with E-state index < -0.39 is 5.97 Å². The van der Waals surface area contributed by atoms with Crippen LogP contribution in [-0.4, -0.2) is 189 Å². The standard InChI is InChI=1S/2C27H38N6.C25H34N6O2.C7H9NO.C6H14.C4H9Cl.C3Cl3N3.C2H4O2.C2H4O.C2H6.Na/c2*1-7-9-19-33(20-10-8-2)27-29-25(31(5)23-15-11-21(3)12-16-23)28-26(30-27)32(6)24-17-13-22(4)14-18-24;1-5-7-17-31(18-8-6-2)25-27-23(29(3)19-9-13-21(32)14-10-19)26-24(28-25)30(4)20-11-15-22(33)16-12-20;1-8-6-2-4-7(9)5-3-6;1-3-5-6-4-2;1-2-3-4-5;4-1-7-2(5)9-3(6)8-1;1-2(3)4;1-2-3-1;1-2;/h2*11-18H,7-10,19-20H2,1-6H3;9-16,32-33H,5-8,17-18H2,1-4H3;2-5,8-9H,1H3;3-6H2,1-2H3;2-4H2,1H3;;1H3,(H,3,4);1-2H2;1-2H3;/q;;;;;;;;;;+1/p-1. The number of unbranched alkanes of at least 4 members (excludes halogenated alkanes) is 10. The topological polar surface area (TPSA) is 309 Å². The molecule has 1 aliphatic heterocycles. The van der Waals surface area contributed by atoms with Gasteiger partial charge in [0.05, 0.1) is 13.2 Å². The maximum Gasteiger partial charge on any atom is 1.00 e. The molecule has 7 aromatic carbocycles. The predicted molar refractivity (Wildman–Crippen MR) is 576 cm³/mol. The number of carboxylic acid groups (broad SMARTS) is 1. The number of nitrogens with one attached hydrogen (secondary N) is 1. The fourth-order valence-electron chi connectivity index (χ4n) is 12.1. The number of aromatic hydroxyl groups is 3. The predicted octanol–water partition coefficient (Wildman–Crippen LogP) is 22.8. The Morgan fingerprint density at radius 2 is 0.486 bits per heavy atom. The Morgan fingerprint density at radius 3 is 0.638 bits per heavy atom. The molecule has 0 unspecified atom stereocenters. The third-order valence-electron chi connectivity index (χ3n) is 20.7. The smallest absolute Gasteiger partial charge is 0.550 e. The molecule has 750 valence electrons. The molecule has 0 atom stereocenters. The summed E-state index contributed by atoms with van der Waals surface area (Å²) in [7, 11) is 13.7. The van der Waals surface area contributed by atoms with Gasteiger partial charge >= 0.3 is 29.6 Å². The fraction of sp³-hybridized carbons (Fsp3) is 0.476. The number of rotatable bonds is 39. The molecule has 0 saturated carbocycles. The number of carbonyl (C=O) groups is 1. The molecule has 33 heteroatoms. The zero-order valence-electron chi connectivity index (χ0n) is 86.7. The molecule has 11 aromatic rings. The molecule has 0 radical (unpaired) electrons. The molecule has 1 aliphatic rings. The Morgan fingerprint density at radius 1 is 0.319 bits per heavy atom. The summed E-state index contributed by atoms with van der Waals surface area (Å²) in [6.07, 6.45) is 21.2. The summed E-state index contributed by atoms with van der Waals surface area (Å²) < 4.78 is 4.50. The average molecular weight is 1990 g/mol. The van der Waals surface area contributed by atoms with E-state index in [0.717, 1.165) is 200 Å². The number of aliphatic carboxylic acids is 1. The van der Waals surface area contributed by atoms with Gasteiger partial charge in [-0.3, -0.25) is 0 Å². The van der Waals surface area contributed by atoms with Crippen LogP contribution in [0.3, 0.4) is 0 Å². The van der Waals surface area contributed by atoms with E-state index in [1.165, 1.54) is 54.4 Å². The Labute approximate surface area is 867 Å². The average Bonchev–Trinajstić information content (AvgIpc) is 1.42. The Bertz CT molecular complexity index is 4350. The van der Waals surface area contributed by atoms with Crippen LogP contribution in [0, 0.1) is 27.7 Å². The molecular formula is C105H155Cl4N22NaO6. The second-order valence-electron chi connectivity index (χ2n) is 32.3. The zero-order chi connectivity index (χ0) is 102. The first-order valence-corrected chi connectivity index (χ1v) is 49.8. The van der Waals surface area contributed by atoms with E-state index in [9.17, 15) is 10.2 Å². The van der Waals surface area contributed by atoms with Crippen molar-refractivity contribution >= 4 is 146 Å². The number of epoxide rings is 1. The number of anilines is 16. The van der Waals surface area contributed by atoms with Gasteiger partial charge in [-0.1, -0.05) is 218 Å². The number of hydrogen-bond acceptors (Lipinski definition) is 28. The van der Waals surface area contributed by atoms with Gasteiger partial charge in [-0.05, 0) is 236 Å². The van der Waals surface area contributed by atoms with Gasteiger partial charge in [0.25, 0.3) is 0 Å². The number of phenolic OH excluding ortho intramolecular Hbond substituents is 3. The van der Waals surface area contributed by atoms with Crippen LogP contribution in [0.1, 0.15) is 221 Å². The first-order valence-electron chi connectivity index (χ1n) is 48.2. The maximum atomic E-state index is 9.66. The van der Waals surface area contributed by atoms with Crippen LogP contribution in [-0.2, 0) is 9.53 Å². The van der Waals surface area contributed by atoms with Crippen molar-refractivity contribution in [2.24, 2.45) is 0 Å². The molecule has 1 fully saturated rings. The normalized spacial score (nSPS) is 10.4. The molecule has 0 amide bonds. The van der Waals surface area contributed by atoms with Crippen LogP contribution in [0.25, 0.3) is 0 Å². The van der Waals surface area contributed by atoms with Crippen LogP contribution in [0.4, 0.5) is 93.3 Å². The van der Waals surface area contributed by atoms with Crippen molar-refractivity contribution in [2.75, 3.05) is 157 Å². The number of aryl methyl sites for hydroxylation is 4. The number of aromatic nitrogens is 12. The largest absolute Gasteiger partial charge is 1.00 e. The first kappa shape index (κ1) is 124. The summed E-state index contributed by atoms with van der Waals surface area (Å²) in [6.45, 7) is 40.7. The molecule has 5 heterocycles. The van der Waals surface area contributed by atoms with Crippen molar-refractivity contribution in [3.63, 3.8) is 0 Å². The van der Waals surface area contributed by atoms with Gasteiger partial charge in [-0.25, -0.2) is 0 Å². The summed E-state index contributed by atoms with van der Waals surface area (Å²) in [5.41, 5.74) is 11.8. The van der Waals surface area contributed by atoms with E-state index >= 15 is 0 Å². The number of ether oxygens (including phenoxy) is 1. The molecule has 12 rings (SSSR count). The number of carbonyl (C=O) groups excluding carboxylic acids is 1. The summed E-state index contributed by atoms with van der Waals surface area (Å²) in [5.74, 6) is 6.22. The molecule has 0 aliphatic carbocycles. The molecule has 4 N–H and O–H groups in total. The van der Waals surface area contributed by atoms with Crippen molar-refractivity contribution in [3.8, 4) is 17.2 Å². The third-order valence-corrected chi connectivity index (χ3v) is 21.4. The Balaban J connectivity index is 0.000000584. The van der Waals surface area contributed by atoms with Crippen molar-refractivity contribution in [1.82, 2.24) is 59.8 Å². The van der Waals surface area contributed by atoms with E-state index in [2.05, 4.69) is 227 Å². The number of alkyl halides is 1. The van der Waals surface area contributed by atoms with E-state index in [4.69, 9.17) is 106 Å². The number of phenols is 3. The minimum Gasteiger partial charge on any atom is -0.550 e. The quantitative estimate of drug-likeness (QED) is 0.00914. The summed E-state index contributed by atoms with van der Waals surface area (Å²) in [6, 6.07) is 54.6. The number of nitrogens with zero attached hydrogens (tertiary/aromatic N) is 21. The Kier molecular flexibility index (Phi) is 64.4. The van der Waals surface area contributed by atoms with Gasteiger partial charge in [-0.2, -0.15) is 59.8 Å². The van der Waals surface area contributed by atoms with Crippen LogP contribution in [0.2, 0.25) is 15.9 Å². The van der Waals surface area contributed by atoms with Gasteiger partial charge in [0.15, 0.2) is 0 Å². The number of halogens is 4. The number of benzene rings is 7.